The highest BCUT2D eigenvalue weighted by atomic mass is 16.2. The van der Waals surface area contributed by atoms with Crippen LogP contribution in [-0.4, -0.2) is 61.0 Å². The zero-order valence-corrected chi connectivity index (χ0v) is 15.5. The lowest BCUT2D eigenvalue weighted by Gasteiger charge is -2.36. The van der Waals surface area contributed by atoms with Crippen LogP contribution in [0.15, 0.2) is 36.9 Å². The summed E-state index contributed by atoms with van der Waals surface area (Å²) in [5.41, 5.74) is 3.83. The molecule has 6 rings (SSSR count). The Bertz CT molecular complexity index is 976. The van der Waals surface area contributed by atoms with Gasteiger partial charge in [0.25, 0.3) is 5.91 Å². The Hall–Kier alpha value is -2.67. The van der Waals surface area contributed by atoms with Crippen molar-refractivity contribution in [1.82, 2.24) is 29.4 Å². The smallest absolute Gasteiger partial charge is 0.257 e. The van der Waals surface area contributed by atoms with Gasteiger partial charge in [-0.05, 0) is 37.8 Å². The number of hydrogen-bond donors (Lipinski definition) is 1. The number of imidazole rings is 1. The largest absolute Gasteiger partial charge is 0.348 e. The van der Waals surface area contributed by atoms with Crippen LogP contribution in [0.1, 0.15) is 34.6 Å². The van der Waals surface area contributed by atoms with Gasteiger partial charge in [-0.15, -0.1) is 0 Å². The molecule has 2 atom stereocenters. The van der Waals surface area contributed by atoms with Crippen LogP contribution in [0.2, 0.25) is 0 Å². The molecule has 2 bridgehead atoms. The van der Waals surface area contributed by atoms with Gasteiger partial charge < -0.3 is 9.88 Å². The van der Waals surface area contributed by atoms with Gasteiger partial charge in [0.15, 0.2) is 0 Å². The maximum Gasteiger partial charge on any atom is 0.257 e. The number of rotatable bonds is 3. The molecule has 27 heavy (non-hydrogen) atoms. The Morgan fingerprint density at radius 2 is 2.19 bits per heavy atom. The number of aromatic amines is 1. The normalized spacial score (nSPS) is 23.1. The average molecular weight is 364 g/mol. The quantitative estimate of drug-likeness (QED) is 0.773. The number of amides is 1. The Balaban J connectivity index is 1.38. The number of carbonyl (C=O) groups is 1. The summed E-state index contributed by atoms with van der Waals surface area (Å²) < 4.78 is 1.77. The van der Waals surface area contributed by atoms with E-state index in [0.717, 1.165) is 49.5 Å². The summed E-state index contributed by atoms with van der Waals surface area (Å²) in [7, 11) is 0. The molecular weight excluding hydrogens is 340 g/mol. The van der Waals surface area contributed by atoms with Gasteiger partial charge in [-0.25, -0.2) is 9.50 Å². The molecule has 0 spiro atoms. The van der Waals surface area contributed by atoms with Crippen molar-refractivity contribution in [2.24, 2.45) is 5.92 Å². The summed E-state index contributed by atoms with van der Waals surface area (Å²) in [5.74, 6) is 0.637. The number of nitrogens with zero attached hydrogens (tertiary/aromatic N) is 5. The first-order valence-electron chi connectivity index (χ1n) is 9.63. The van der Waals surface area contributed by atoms with Crippen LogP contribution < -0.4 is 0 Å². The lowest BCUT2D eigenvalue weighted by Crippen LogP contribution is -2.47. The average Bonchev–Trinajstić information content (AvgIpc) is 3.17. The van der Waals surface area contributed by atoms with E-state index in [9.17, 15) is 4.79 Å². The van der Waals surface area contributed by atoms with Crippen molar-refractivity contribution in [2.45, 2.75) is 32.4 Å². The summed E-state index contributed by atoms with van der Waals surface area (Å²) in [6.07, 6.45) is 7.62. The lowest BCUT2D eigenvalue weighted by atomic mass is 9.94. The first-order valence-corrected chi connectivity index (χ1v) is 9.63. The molecule has 6 heterocycles. The molecule has 1 N–H and O–H groups in total. The Kier molecular flexibility index (Phi) is 3.97. The molecule has 7 heteroatoms. The van der Waals surface area contributed by atoms with Crippen molar-refractivity contribution < 1.29 is 4.79 Å². The van der Waals surface area contributed by atoms with Gasteiger partial charge in [0.05, 0.1) is 29.3 Å². The van der Waals surface area contributed by atoms with Crippen LogP contribution in [0.3, 0.4) is 0 Å². The number of pyridine rings is 1. The number of piperidine rings is 1. The van der Waals surface area contributed by atoms with Crippen molar-refractivity contribution >= 4 is 11.4 Å². The SMILES string of the molecule is Cc1[nH]cnc1CN1C[C@H]2CC[C@@H](C1)N(C(=O)c1cnn3ccccc13)C2. The molecule has 3 fully saturated rings. The highest BCUT2D eigenvalue weighted by molar-refractivity contribution is 6.00. The fourth-order valence-corrected chi connectivity index (χ4v) is 4.57. The molecular formula is C20H24N6O. The van der Waals surface area contributed by atoms with Crippen molar-refractivity contribution in [2.75, 3.05) is 19.6 Å². The fraction of sp³-hybridized carbons (Fsp3) is 0.450. The van der Waals surface area contributed by atoms with Crippen molar-refractivity contribution in [3.05, 3.63) is 53.9 Å². The highest BCUT2D eigenvalue weighted by Gasteiger charge is 2.38. The molecule has 3 aromatic heterocycles. The standard InChI is InChI=1S/C20H24N6O/c1-14-18(22-13-21-14)12-24-9-15-5-6-16(11-24)25(10-15)20(27)17-8-23-26-7-3-2-4-19(17)26/h2-4,7-8,13,15-16H,5-6,9-12H2,1H3,(H,21,22)/t15-,16+/m1/s1. The highest BCUT2D eigenvalue weighted by Crippen LogP contribution is 2.30. The van der Waals surface area contributed by atoms with Crippen LogP contribution in [0.4, 0.5) is 0 Å². The Morgan fingerprint density at radius 3 is 3.04 bits per heavy atom. The number of aryl methyl sites for hydroxylation is 1. The van der Waals surface area contributed by atoms with E-state index in [1.54, 1.807) is 17.0 Å². The summed E-state index contributed by atoms with van der Waals surface area (Å²) in [6, 6.07) is 6.10. The van der Waals surface area contributed by atoms with E-state index >= 15 is 0 Å². The number of carbonyl (C=O) groups excluding carboxylic acids is 1. The van der Waals surface area contributed by atoms with Gasteiger partial charge >= 0.3 is 0 Å². The van der Waals surface area contributed by atoms with Crippen LogP contribution in [0, 0.1) is 12.8 Å². The summed E-state index contributed by atoms with van der Waals surface area (Å²) in [5, 5.41) is 4.34. The number of fused-ring (bicyclic) bond motifs is 5. The number of hydrogen-bond acceptors (Lipinski definition) is 4. The maximum atomic E-state index is 13.3. The summed E-state index contributed by atoms with van der Waals surface area (Å²) >= 11 is 0. The molecule has 0 saturated carbocycles. The Labute approximate surface area is 158 Å². The van der Waals surface area contributed by atoms with Gasteiger partial charge in [-0.1, -0.05) is 6.07 Å². The van der Waals surface area contributed by atoms with Crippen molar-refractivity contribution in [3.63, 3.8) is 0 Å². The third kappa shape index (κ3) is 2.92. The molecule has 3 aliphatic heterocycles. The second kappa shape index (κ2) is 6.49. The molecule has 1 amide bonds. The van der Waals surface area contributed by atoms with E-state index in [1.165, 1.54) is 6.42 Å². The second-order valence-corrected chi connectivity index (χ2v) is 7.81. The predicted octanol–water partition coefficient (Wildman–Crippen LogP) is 2.10. The minimum absolute atomic E-state index is 0.115. The monoisotopic (exact) mass is 364 g/mol. The third-order valence-corrected chi connectivity index (χ3v) is 6.01. The van der Waals surface area contributed by atoms with Crippen LogP contribution in [0.25, 0.3) is 5.52 Å². The molecule has 7 nitrogen and oxygen atoms in total. The van der Waals surface area contributed by atoms with Crippen molar-refractivity contribution in [1.29, 1.82) is 0 Å². The van der Waals surface area contributed by atoms with E-state index in [1.807, 2.05) is 24.4 Å². The van der Waals surface area contributed by atoms with E-state index in [0.29, 0.717) is 11.5 Å². The van der Waals surface area contributed by atoms with Crippen LogP contribution >= 0.6 is 0 Å². The first kappa shape index (κ1) is 16.5. The summed E-state index contributed by atoms with van der Waals surface area (Å²) in [4.78, 5) is 25.5. The van der Waals surface area contributed by atoms with Gasteiger partial charge in [0.2, 0.25) is 0 Å². The zero-order chi connectivity index (χ0) is 18.4. The minimum atomic E-state index is 0.115. The van der Waals surface area contributed by atoms with Crippen molar-refractivity contribution in [3.8, 4) is 0 Å². The fourth-order valence-electron chi connectivity index (χ4n) is 4.57. The predicted molar refractivity (Wildman–Crippen MR) is 101 cm³/mol. The first-order chi connectivity index (χ1) is 13.2. The van der Waals surface area contributed by atoms with E-state index < -0.39 is 0 Å². The molecule has 3 aliphatic rings. The zero-order valence-electron chi connectivity index (χ0n) is 15.5. The summed E-state index contributed by atoms with van der Waals surface area (Å²) in [6.45, 7) is 5.69. The second-order valence-electron chi connectivity index (χ2n) is 7.81. The van der Waals surface area contributed by atoms with Crippen LogP contribution in [0.5, 0.6) is 0 Å². The molecule has 3 saturated heterocycles. The van der Waals surface area contributed by atoms with Gasteiger partial charge in [0, 0.05) is 44.1 Å². The van der Waals surface area contributed by atoms with E-state index in [-0.39, 0.29) is 11.9 Å². The lowest BCUT2D eigenvalue weighted by molar-refractivity contribution is 0.0587. The molecule has 0 aromatic carbocycles. The number of H-pyrrole nitrogens is 1. The molecule has 0 aliphatic carbocycles. The molecule has 3 aromatic rings. The maximum absolute atomic E-state index is 13.3. The van der Waals surface area contributed by atoms with Crippen LogP contribution in [-0.2, 0) is 6.54 Å². The van der Waals surface area contributed by atoms with E-state index in [4.69, 9.17) is 0 Å². The Morgan fingerprint density at radius 1 is 1.26 bits per heavy atom. The number of nitrogens with one attached hydrogen (secondary N) is 1. The topological polar surface area (TPSA) is 69.5 Å². The molecule has 0 radical (unpaired) electrons. The molecule has 140 valence electrons. The van der Waals surface area contributed by atoms with Gasteiger partial charge in [-0.2, -0.15) is 5.10 Å². The minimum Gasteiger partial charge on any atom is -0.348 e. The third-order valence-electron chi connectivity index (χ3n) is 6.01. The number of aromatic nitrogens is 4. The molecule has 0 unspecified atom stereocenters. The van der Waals surface area contributed by atoms with Gasteiger partial charge in [-0.3, -0.25) is 9.69 Å². The van der Waals surface area contributed by atoms with Gasteiger partial charge in [0.1, 0.15) is 0 Å². The van der Waals surface area contributed by atoms with E-state index in [2.05, 4.69) is 31.8 Å².